The van der Waals surface area contributed by atoms with Crippen molar-refractivity contribution in [3.8, 4) is 0 Å². The predicted molar refractivity (Wildman–Crippen MR) is 125 cm³/mol. The van der Waals surface area contributed by atoms with E-state index >= 15 is 0 Å². The smallest absolute Gasteiger partial charge is 0.191 e. The Morgan fingerprint density at radius 1 is 1.20 bits per heavy atom. The Labute approximate surface area is 185 Å². The highest BCUT2D eigenvalue weighted by molar-refractivity contribution is 7.12. The van der Waals surface area contributed by atoms with Crippen LogP contribution in [0.1, 0.15) is 36.6 Å². The van der Waals surface area contributed by atoms with Crippen molar-refractivity contribution < 1.29 is 9.47 Å². The molecule has 2 fully saturated rings. The molecule has 7 nitrogen and oxygen atoms in total. The minimum Gasteiger partial charge on any atom is -0.379 e. The average Bonchev–Trinajstić information content (AvgIpc) is 3.19. The van der Waals surface area contributed by atoms with E-state index in [9.17, 15) is 0 Å². The summed E-state index contributed by atoms with van der Waals surface area (Å²) >= 11 is 1.89. The molecule has 2 saturated heterocycles. The molecule has 0 aliphatic carbocycles. The monoisotopic (exact) mass is 437 g/mol. The quantitative estimate of drug-likeness (QED) is 0.480. The zero-order valence-electron chi connectivity index (χ0n) is 19.0. The molecule has 0 amide bonds. The van der Waals surface area contributed by atoms with Crippen LogP contribution in [0.5, 0.6) is 0 Å². The number of morpholine rings is 2. The number of guanidine groups is 1. The van der Waals surface area contributed by atoms with Crippen molar-refractivity contribution >= 4 is 17.3 Å². The SMILES string of the molecule is CCNC(=NCC(C)N1CCOCC1C)NCC(c1ccc(C)s1)N1CCOCC1. The van der Waals surface area contributed by atoms with Crippen LogP contribution in [-0.2, 0) is 9.47 Å². The maximum absolute atomic E-state index is 5.58. The molecule has 170 valence electrons. The summed E-state index contributed by atoms with van der Waals surface area (Å²) in [5.41, 5.74) is 0. The Bertz CT molecular complexity index is 662. The summed E-state index contributed by atoms with van der Waals surface area (Å²) in [5.74, 6) is 0.900. The largest absolute Gasteiger partial charge is 0.379 e. The molecule has 3 rings (SSSR count). The number of ether oxygens (including phenoxy) is 2. The van der Waals surface area contributed by atoms with Crippen molar-refractivity contribution in [3.63, 3.8) is 0 Å². The normalized spacial score (nSPS) is 23.9. The molecular weight excluding hydrogens is 398 g/mol. The van der Waals surface area contributed by atoms with Gasteiger partial charge in [0.1, 0.15) is 0 Å². The number of hydrogen-bond donors (Lipinski definition) is 2. The second kappa shape index (κ2) is 12.0. The summed E-state index contributed by atoms with van der Waals surface area (Å²) in [7, 11) is 0. The van der Waals surface area contributed by atoms with Gasteiger partial charge in [-0.05, 0) is 39.8 Å². The van der Waals surface area contributed by atoms with E-state index in [0.29, 0.717) is 18.1 Å². The van der Waals surface area contributed by atoms with Crippen molar-refractivity contribution in [2.75, 3.05) is 65.7 Å². The highest BCUT2D eigenvalue weighted by Gasteiger charge is 2.25. The van der Waals surface area contributed by atoms with Gasteiger partial charge >= 0.3 is 0 Å². The molecule has 3 unspecified atom stereocenters. The van der Waals surface area contributed by atoms with E-state index in [0.717, 1.165) is 71.7 Å². The summed E-state index contributed by atoms with van der Waals surface area (Å²) in [6, 6.07) is 5.68. The van der Waals surface area contributed by atoms with Gasteiger partial charge in [0.05, 0.1) is 39.0 Å². The minimum atomic E-state index is 0.341. The Morgan fingerprint density at radius 3 is 2.63 bits per heavy atom. The van der Waals surface area contributed by atoms with Crippen LogP contribution in [-0.4, -0.2) is 93.5 Å². The van der Waals surface area contributed by atoms with Gasteiger partial charge in [0.2, 0.25) is 0 Å². The van der Waals surface area contributed by atoms with Crippen LogP contribution in [0, 0.1) is 6.92 Å². The standard InChI is InChI=1S/C22H39N5O2S/c1-5-23-22(24-14-17(2)27-10-13-29-16-18(27)3)25-15-20(21-7-6-19(4)30-21)26-8-11-28-12-9-26/h6-7,17-18,20H,5,8-16H2,1-4H3,(H2,23,24,25). The van der Waals surface area contributed by atoms with Gasteiger partial charge in [0.15, 0.2) is 5.96 Å². The number of rotatable bonds is 8. The van der Waals surface area contributed by atoms with Crippen molar-refractivity contribution in [1.82, 2.24) is 20.4 Å². The fourth-order valence-corrected chi connectivity index (χ4v) is 5.20. The molecule has 1 aromatic heterocycles. The molecule has 0 bridgehead atoms. The first-order chi connectivity index (χ1) is 14.6. The Morgan fingerprint density at radius 2 is 1.97 bits per heavy atom. The number of aryl methyl sites for hydroxylation is 1. The van der Waals surface area contributed by atoms with Gasteiger partial charge in [-0.15, -0.1) is 11.3 Å². The summed E-state index contributed by atoms with van der Waals surface area (Å²) in [6.07, 6.45) is 0. The molecule has 0 saturated carbocycles. The highest BCUT2D eigenvalue weighted by atomic mass is 32.1. The third-order valence-electron chi connectivity index (χ3n) is 5.88. The molecular formula is C22H39N5O2S. The Hall–Kier alpha value is -1.19. The maximum Gasteiger partial charge on any atom is 0.191 e. The molecule has 0 radical (unpaired) electrons. The lowest BCUT2D eigenvalue weighted by Crippen LogP contribution is -2.50. The van der Waals surface area contributed by atoms with Gasteiger partial charge < -0.3 is 20.1 Å². The van der Waals surface area contributed by atoms with E-state index in [2.05, 4.69) is 60.3 Å². The van der Waals surface area contributed by atoms with Crippen LogP contribution >= 0.6 is 11.3 Å². The minimum absolute atomic E-state index is 0.341. The Kier molecular flexibility index (Phi) is 9.39. The first-order valence-electron chi connectivity index (χ1n) is 11.3. The van der Waals surface area contributed by atoms with E-state index in [1.165, 1.54) is 9.75 Å². The van der Waals surface area contributed by atoms with Gasteiger partial charge in [-0.25, -0.2) is 0 Å². The number of hydrogen-bond acceptors (Lipinski definition) is 6. The average molecular weight is 438 g/mol. The predicted octanol–water partition coefficient (Wildman–Crippen LogP) is 2.09. The van der Waals surface area contributed by atoms with Gasteiger partial charge in [-0.2, -0.15) is 0 Å². The lowest BCUT2D eigenvalue weighted by molar-refractivity contribution is -0.0166. The highest BCUT2D eigenvalue weighted by Crippen LogP contribution is 2.27. The van der Waals surface area contributed by atoms with Gasteiger partial charge in [-0.1, -0.05) is 0 Å². The van der Waals surface area contributed by atoms with E-state index < -0.39 is 0 Å². The summed E-state index contributed by atoms with van der Waals surface area (Å²) in [6.45, 7) is 17.5. The third kappa shape index (κ3) is 6.65. The maximum atomic E-state index is 5.58. The molecule has 2 aliphatic heterocycles. The van der Waals surface area contributed by atoms with Crippen LogP contribution in [0.15, 0.2) is 17.1 Å². The number of nitrogens with one attached hydrogen (secondary N) is 2. The summed E-state index contributed by atoms with van der Waals surface area (Å²) in [4.78, 5) is 12.7. The van der Waals surface area contributed by atoms with Crippen LogP contribution in [0.4, 0.5) is 0 Å². The molecule has 3 heterocycles. The summed E-state index contributed by atoms with van der Waals surface area (Å²) in [5, 5.41) is 7.04. The van der Waals surface area contributed by atoms with E-state index in [1.54, 1.807) is 0 Å². The van der Waals surface area contributed by atoms with E-state index in [1.807, 2.05) is 11.3 Å². The van der Waals surface area contributed by atoms with Crippen molar-refractivity contribution in [1.29, 1.82) is 0 Å². The van der Waals surface area contributed by atoms with Crippen LogP contribution in [0.25, 0.3) is 0 Å². The molecule has 2 aliphatic rings. The zero-order valence-corrected chi connectivity index (χ0v) is 19.8. The second-order valence-electron chi connectivity index (χ2n) is 8.22. The zero-order chi connectivity index (χ0) is 21.3. The van der Waals surface area contributed by atoms with Crippen molar-refractivity contribution in [2.45, 2.75) is 45.8 Å². The third-order valence-corrected chi connectivity index (χ3v) is 6.98. The van der Waals surface area contributed by atoms with Crippen molar-refractivity contribution in [3.05, 3.63) is 21.9 Å². The fourth-order valence-electron chi connectivity index (χ4n) is 4.19. The lowest BCUT2D eigenvalue weighted by atomic mass is 10.2. The van der Waals surface area contributed by atoms with E-state index in [-0.39, 0.29) is 0 Å². The fraction of sp³-hybridized carbons (Fsp3) is 0.773. The van der Waals surface area contributed by atoms with Gasteiger partial charge in [0.25, 0.3) is 0 Å². The molecule has 2 N–H and O–H groups in total. The molecule has 30 heavy (non-hydrogen) atoms. The number of nitrogens with zero attached hydrogens (tertiary/aromatic N) is 3. The number of aliphatic imine (C=N–C) groups is 1. The Balaban J connectivity index is 1.62. The van der Waals surface area contributed by atoms with Gasteiger partial charge in [0, 0.05) is 54.6 Å². The second-order valence-corrected chi connectivity index (χ2v) is 9.54. The van der Waals surface area contributed by atoms with Crippen molar-refractivity contribution in [2.24, 2.45) is 4.99 Å². The lowest BCUT2D eigenvalue weighted by Gasteiger charge is -2.37. The summed E-state index contributed by atoms with van der Waals surface area (Å²) < 4.78 is 11.2. The van der Waals surface area contributed by atoms with E-state index in [4.69, 9.17) is 14.5 Å². The molecule has 1 aromatic rings. The van der Waals surface area contributed by atoms with Crippen LogP contribution < -0.4 is 10.6 Å². The molecule has 0 spiro atoms. The molecule has 8 heteroatoms. The molecule has 3 atom stereocenters. The first-order valence-corrected chi connectivity index (χ1v) is 12.1. The van der Waals surface area contributed by atoms with Crippen LogP contribution in [0.2, 0.25) is 0 Å². The molecule has 0 aromatic carbocycles. The number of thiophene rings is 1. The van der Waals surface area contributed by atoms with Crippen LogP contribution in [0.3, 0.4) is 0 Å². The topological polar surface area (TPSA) is 61.4 Å². The first kappa shape index (κ1) is 23.5. The van der Waals surface area contributed by atoms with Gasteiger partial charge in [-0.3, -0.25) is 14.8 Å².